The highest BCUT2D eigenvalue weighted by atomic mass is 16.4. The highest BCUT2D eigenvalue weighted by Gasteiger charge is 2.25. The Bertz CT molecular complexity index is 210. The summed E-state index contributed by atoms with van der Waals surface area (Å²) >= 11 is 0. The van der Waals surface area contributed by atoms with Crippen molar-refractivity contribution < 1.29 is 20.1 Å². The maximum absolute atomic E-state index is 10.6. The molecule has 5 heteroatoms. The first kappa shape index (κ1) is 12.4. The summed E-state index contributed by atoms with van der Waals surface area (Å²) in [6, 6.07) is 0.0115. The zero-order chi connectivity index (χ0) is 11.3. The molecule has 5 nitrogen and oxygen atoms in total. The maximum atomic E-state index is 10.6. The second-order valence-electron chi connectivity index (χ2n) is 4.08. The van der Waals surface area contributed by atoms with Gasteiger partial charge in [-0.05, 0) is 19.4 Å². The number of hydrogen-bond donors (Lipinski definition) is 3. The third-order valence-electron chi connectivity index (χ3n) is 2.82. The lowest BCUT2D eigenvalue weighted by atomic mass is 9.99. The molecule has 0 aromatic carbocycles. The summed E-state index contributed by atoms with van der Waals surface area (Å²) in [5.74, 6) is -0.801. The van der Waals surface area contributed by atoms with Crippen LogP contribution in [-0.4, -0.2) is 58.0 Å². The lowest BCUT2D eigenvalue weighted by molar-refractivity contribution is -0.139. The number of aliphatic carboxylic acids is 1. The fourth-order valence-electron chi connectivity index (χ4n) is 2.06. The van der Waals surface area contributed by atoms with E-state index in [2.05, 4.69) is 0 Å². The van der Waals surface area contributed by atoms with Gasteiger partial charge in [0, 0.05) is 12.6 Å². The number of aliphatic hydroxyl groups is 2. The monoisotopic (exact) mass is 217 g/mol. The second kappa shape index (κ2) is 6.05. The highest BCUT2D eigenvalue weighted by Crippen LogP contribution is 2.19. The van der Waals surface area contributed by atoms with E-state index < -0.39 is 12.1 Å². The number of likely N-dealkylation sites (tertiary alicyclic amines) is 1. The van der Waals surface area contributed by atoms with Crippen LogP contribution >= 0.6 is 0 Å². The Morgan fingerprint density at radius 3 is 2.80 bits per heavy atom. The Morgan fingerprint density at radius 2 is 2.20 bits per heavy atom. The lowest BCUT2D eigenvalue weighted by Gasteiger charge is -2.35. The van der Waals surface area contributed by atoms with Crippen molar-refractivity contribution >= 4 is 5.97 Å². The third-order valence-corrected chi connectivity index (χ3v) is 2.82. The van der Waals surface area contributed by atoms with E-state index in [0.29, 0.717) is 6.54 Å². The van der Waals surface area contributed by atoms with Gasteiger partial charge in [0.1, 0.15) is 0 Å². The first-order valence-electron chi connectivity index (χ1n) is 5.38. The molecule has 1 fully saturated rings. The molecule has 1 aliphatic rings. The summed E-state index contributed by atoms with van der Waals surface area (Å²) in [4.78, 5) is 12.6. The number of carboxylic acid groups (broad SMARTS) is 1. The molecule has 88 valence electrons. The topological polar surface area (TPSA) is 81.0 Å². The third kappa shape index (κ3) is 4.15. The van der Waals surface area contributed by atoms with E-state index >= 15 is 0 Å². The summed E-state index contributed by atoms with van der Waals surface area (Å²) < 4.78 is 0. The van der Waals surface area contributed by atoms with Crippen LogP contribution in [0.5, 0.6) is 0 Å². The number of rotatable bonds is 5. The Hall–Kier alpha value is -0.650. The molecule has 0 radical (unpaired) electrons. The van der Waals surface area contributed by atoms with Gasteiger partial charge in [0.2, 0.25) is 0 Å². The summed E-state index contributed by atoms with van der Waals surface area (Å²) in [7, 11) is 0. The Morgan fingerprint density at radius 1 is 1.47 bits per heavy atom. The molecule has 3 N–H and O–H groups in total. The van der Waals surface area contributed by atoms with Gasteiger partial charge in [-0.2, -0.15) is 0 Å². The van der Waals surface area contributed by atoms with Crippen molar-refractivity contribution in [2.45, 2.75) is 37.8 Å². The average Bonchev–Trinajstić information content (AvgIpc) is 2.20. The number of carboxylic acids is 1. The number of piperidine rings is 1. The van der Waals surface area contributed by atoms with Crippen molar-refractivity contribution in [1.82, 2.24) is 4.90 Å². The zero-order valence-electron chi connectivity index (χ0n) is 8.80. The molecule has 1 rings (SSSR count). The molecule has 1 saturated heterocycles. The first-order chi connectivity index (χ1) is 7.13. The summed E-state index contributed by atoms with van der Waals surface area (Å²) in [5.41, 5.74) is 0. The Kier molecular flexibility index (Phi) is 5.01. The fraction of sp³-hybridized carbons (Fsp3) is 0.900. The van der Waals surface area contributed by atoms with Crippen LogP contribution in [0.2, 0.25) is 0 Å². The van der Waals surface area contributed by atoms with E-state index in [9.17, 15) is 9.90 Å². The predicted octanol–water partition coefficient (Wildman–Crippen LogP) is -0.331. The van der Waals surface area contributed by atoms with Crippen LogP contribution in [0.25, 0.3) is 0 Å². The van der Waals surface area contributed by atoms with E-state index in [0.717, 1.165) is 25.8 Å². The summed E-state index contributed by atoms with van der Waals surface area (Å²) in [5, 5.41) is 26.8. The van der Waals surface area contributed by atoms with Gasteiger partial charge in [-0.1, -0.05) is 6.42 Å². The van der Waals surface area contributed by atoms with Gasteiger partial charge in [0.15, 0.2) is 0 Å². The molecule has 15 heavy (non-hydrogen) atoms. The smallest absolute Gasteiger partial charge is 0.304 e. The van der Waals surface area contributed by atoms with Crippen LogP contribution in [0.4, 0.5) is 0 Å². The summed E-state index contributed by atoms with van der Waals surface area (Å²) in [6.07, 6.45) is 2.31. The molecule has 1 aliphatic heterocycles. The molecule has 0 aliphatic carbocycles. The average molecular weight is 217 g/mol. The zero-order valence-corrected chi connectivity index (χ0v) is 8.80. The number of aliphatic hydroxyl groups excluding tert-OH is 2. The van der Waals surface area contributed by atoms with Crippen molar-refractivity contribution in [1.29, 1.82) is 0 Å². The number of carbonyl (C=O) groups is 1. The number of β-amino-alcohol motifs (C(OH)–C–C–N with tert-alkyl or cyclic N) is 1. The molecule has 0 amide bonds. The van der Waals surface area contributed by atoms with E-state index in [1.807, 2.05) is 4.90 Å². The first-order valence-corrected chi connectivity index (χ1v) is 5.38. The van der Waals surface area contributed by atoms with Crippen molar-refractivity contribution in [3.8, 4) is 0 Å². The van der Waals surface area contributed by atoms with Crippen molar-refractivity contribution in [3.63, 3.8) is 0 Å². The minimum Gasteiger partial charge on any atom is -0.481 e. The number of nitrogens with zero attached hydrogens (tertiary/aromatic N) is 1. The van der Waals surface area contributed by atoms with Crippen LogP contribution in [0, 0.1) is 0 Å². The van der Waals surface area contributed by atoms with E-state index in [-0.39, 0.29) is 19.1 Å². The highest BCUT2D eigenvalue weighted by molar-refractivity contribution is 5.67. The molecule has 0 bridgehead atoms. The second-order valence-corrected chi connectivity index (χ2v) is 4.08. The van der Waals surface area contributed by atoms with Crippen LogP contribution in [0.3, 0.4) is 0 Å². The van der Waals surface area contributed by atoms with Gasteiger partial charge in [-0.15, -0.1) is 0 Å². The molecule has 0 aromatic rings. The quantitative estimate of drug-likeness (QED) is 0.587. The minimum absolute atomic E-state index is 0.0115. The van der Waals surface area contributed by atoms with Gasteiger partial charge < -0.3 is 15.3 Å². The summed E-state index contributed by atoms with van der Waals surface area (Å²) in [6.45, 7) is 0.916. The standard InChI is InChI=1S/C10H19NO4/c12-7-9(13)6-11-4-2-1-3-8(11)5-10(14)15/h8-9,12-13H,1-7H2,(H,14,15). The largest absolute Gasteiger partial charge is 0.481 e. The van der Waals surface area contributed by atoms with Crippen molar-refractivity contribution in [2.24, 2.45) is 0 Å². The van der Waals surface area contributed by atoms with Crippen LogP contribution in [0.15, 0.2) is 0 Å². The van der Waals surface area contributed by atoms with E-state index in [1.165, 1.54) is 0 Å². The molecular weight excluding hydrogens is 198 g/mol. The van der Waals surface area contributed by atoms with Crippen LogP contribution in [-0.2, 0) is 4.79 Å². The Labute approximate surface area is 89.3 Å². The van der Waals surface area contributed by atoms with Crippen molar-refractivity contribution in [3.05, 3.63) is 0 Å². The molecular formula is C10H19NO4. The SMILES string of the molecule is O=C(O)CC1CCCCN1CC(O)CO. The van der Waals surface area contributed by atoms with Crippen LogP contribution < -0.4 is 0 Å². The molecule has 2 atom stereocenters. The Balaban J connectivity index is 2.45. The van der Waals surface area contributed by atoms with Gasteiger partial charge in [-0.25, -0.2) is 0 Å². The van der Waals surface area contributed by atoms with E-state index in [4.69, 9.17) is 10.2 Å². The molecule has 0 aromatic heterocycles. The normalized spacial score (nSPS) is 25.1. The van der Waals surface area contributed by atoms with Gasteiger partial charge in [0.05, 0.1) is 19.1 Å². The maximum Gasteiger partial charge on any atom is 0.304 e. The molecule has 0 saturated carbocycles. The predicted molar refractivity (Wildman–Crippen MR) is 54.6 cm³/mol. The fourth-order valence-corrected chi connectivity index (χ4v) is 2.06. The molecule has 2 unspecified atom stereocenters. The van der Waals surface area contributed by atoms with Gasteiger partial charge in [-0.3, -0.25) is 9.69 Å². The van der Waals surface area contributed by atoms with Gasteiger partial charge >= 0.3 is 5.97 Å². The minimum atomic E-state index is -0.801. The van der Waals surface area contributed by atoms with Crippen LogP contribution in [0.1, 0.15) is 25.7 Å². The van der Waals surface area contributed by atoms with E-state index in [1.54, 1.807) is 0 Å². The van der Waals surface area contributed by atoms with Crippen molar-refractivity contribution in [2.75, 3.05) is 19.7 Å². The lowest BCUT2D eigenvalue weighted by Crippen LogP contribution is -2.45. The van der Waals surface area contributed by atoms with Gasteiger partial charge in [0.25, 0.3) is 0 Å². The molecule has 1 heterocycles. The molecule has 0 spiro atoms. The number of hydrogen-bond acceptors (Lipinski definition) is 4.